The van der Waals surface area contributed by atoms with Gasteiger partial charge in [-0.25, -0.2) is 13.8 Å². The molecule has 0 saturated carbocycles. The number of aromatic nitrogens is 1. The van der Waals surface area contributed by atoms with Crippen LogP contribution in [0.4, 0.5) is 13.2 Å². The van der Waals surface area contributed by atoms with Gasteiger partial charge in [0.2, 0.25) is 11.9 Å². The normalized spacial score (nSPS) is 17.6. The number of likely N-dealkylation sites (tertiary alicyclic amines) is 1. The van der Waals surface area contributed by atoms with Crippen molar-refractivity contribution in [2.75, 3.05) is 40.3 Å². The van der Waals surface area contributed by atoms with E-state index in [0.29, 0.717) is 18.7 Å². The Morgan fingerprint density at radius 1 is 1.22 bits per heavy atom. The Hall–Kier alpha value is -3.17. The minimum absolute atomic E-state index is 0.212. The van der Waals surface area contributed by atoms with E-state index in [1.165, 1.54) is 12.1 Å². The second-order valence-corrected chi connectivity index (χ2v) is 9.72. The lowest BCUT2D eigenvalue weighted by molar-refractivity contribution is -0.134. The van der Waals surface area contributed by atoms with Crippen molar-refractivity contribution >= 4 is 5.91 Å². The van der Waals surface area contributed by atoms with Crippen molar-refractivity contribution < 1.29 is 22.7 Å². The molecule has 2 aliphatic heterocycles. The van der Waals surface area contributed by atoms with Gasteiger partial charge < -0.3 is 19.4 Å². The number of allylic oxidation sites excluding steroid dienone is 2. The number of carbonyl (C=O) groups excluding carboxylic acids is 1. The highest BCUT2D eigenvalue weighted by atomic mass is 19.2. The van der Waals surface area contributed by atoms with Gasteiger partial charge in [-0.3, -0.25) is 4.79 Å². The molecule has 1 unspecified atom stereocenters. The zero-order valence-electron chi connectivity index (χ0n) is 21.3. The molecule has 2 aromatic rings. The van der Waals surface area contributed by atoms with E-state index in [2.05, 4.69) is 16.5 Å². The molecular weight excluding hydrogens is 481 g/mol. The van der Waals surface area contributed by atoms with E-state index in [4.69, 9.17) is 4.74 Å². The summed E-state index contributed by atoms with van der Waals surface area (Å²) in [5.41, 5.74) is 1.86. The molecule has 0 bridgehead atoms. The number of halogens is 3. The number of rotatable bonds is 9. The van der Waals surface area contributed by atoms with Gasteiger partial charge >= 0.3 is 0 Å². The maximum absolute atomic E-state index is 14.0. The predicted molar refractivity (Wildman–Crippen MR) is 135 cm³/mol. The largest absolute Gasteiger partial charge is 0.365 e. The maximum atomic E-state index is 14.0. The van der Waals surface area contributed by atoms with Crippen LogP contribution in [0.3, 0.4) is 0 Å². The van der Waals surface area contributed by atoms with Crippen LogP contribution in [0.2, 0.25) is 0 Å². The first-order chi connectivity index (χ1) is 17.7. The number of carbonyl (C=O) groups is 1. The molecule has 3 heterocycles. The molecule has 9 heteroatoms. The standard InChI is InChI=1S/C28H33F3N4O2/c1-4-5-11-33(2)26(20-7-8-23(29)24(30)16-20)27(36)34(3)12-6-13-35-14-9-28(10-15-35)22-18-32-25(31)17-21(22)19-37-28/h4-5,7-8,11,16-18,26H,1,6,9-10,12-15,19H2,2-3H3/b11-5-. The number of ether oxygens (including phenoxy) is 1. The molecule has 1 spiro atoms. The Morgan fingerprint density at radius 3 is 2.68 bits per heavy atom. The van der Waals surface area contributed by atoms with Gasteiger partial charge in [-0.15, -0.1) is 0 Å². The van der Waals surface area contributed by atoms with Crippen LogP contribution in [-0.2, 0) is 21.7 Å². The SMILES string of the molecule is C=C/C=C\N(C)C(C(=O)N(C)CCCN1CCC2(CC1)OCc1cc(F)ncc12)c1ccc(F)c(F)c1. The molecule has 1 atom stereocenters. The summed E-state index contributed by atoms with van der Waals surface area (Å²) in [6.45, 7) is 7.05. The quantitative estimate of drug-likeness (QED) is 0.363. The Labute approximate surface area is 216 Å². The lowest BCUT2D eigenvalue weighted by Crippen LogP contribution is -2.44. The van der Waals surface area contributed by atoms with Gasteiger partial charge in [0.05, 0.1) is 12.2 Å². The summed E-state index contributed by atoms with van der Waals surface area (Å²) in [7, 11) is 3.44. The minimum Gasteiger partial charge on any atom is -0.365 e. The molecule has 0 N–H and O–H groups in total. The summed E-state index contributed by atoms with van der Waals surface area (Å²) < 4.78 is 47.1. The molecule has 198 valence electrons. The molecule has 1 amide bonds. The highest BCUT2D eigenvalue weighted by Gasteiger charge is 2.43. The molecule has 1 saturated heterocycles. The van der Waals surface area contributed by atoms with Crippen molar-refractivity contribution in [3.05, 3.63) is 89.7 Å². The molecule has 0 aliphatic carbocycles. The predicted octanol–water partition coefficient (Wildman–Crippen LogP) is 4.54. The number of amides is 1. The van der Waals surface area contributed by atoms with Crippen LogP contribution in [0.1, 0.15) is 42.0 Å². The van der Waals surface area contributed by atoms with Gasteiger partial charge in [-0.2, -0.15) is 4.39 Å². The summed E-state index contributed by atoms with van der Waals surface area (Å²) >= 11 is 0. The lowest BCUT2D eigenvalue weighted by atomic mass is 9.84. The van der Waals surface area contributed by atoms with Crippen LogP contribution in [0.5, 0.6) is 0 Å². The van der Waals surface area contributed by atoms with E-state index in [1.54, 1.807) is 48.4 Å². The monoisotopic (exact) mass is 514 g/mol. The Bertz CT molecular complexity index is 1160. The van der Waals surface area contributed by atoms with Crippen molar-refractivity contribution in [2.24, 2.45) is 0 Å². The number of fused-ring (bicyclic) bond motifs is 2. The van der Waals surface area contributed by atoms with Gasteiger partial charge in [0, 0.05) is 45.5 Å². The fraction of sp³-hybridized carbons (Fsp3) is 0.429. The molecule has 2 aliphatic rings. The average molecular weight is 515 g/mol. The number of hydrogen-bond donors (Lipinski definition) is 0. The molecule has 1 fully saturated rings. The number of hydrogen-bond acceptors (Lipinski definition) is 5. The number of benzene rings is 1. The zero-order valence-corrected chi connectivity index (χ0v) is 21.3. The van der Waals surface area contributed by atoms with Crippen molar-refractivity contribution in [1.82, 2.24) is 19.7 Å². The third-order valence-corrected chi connectivity index (χ3v) is 7.32. The van der Waals surface area contributed by atoms with Crippen molar-refractivity contribution in [3.63, 3.8) is 0 Å². The van der Waals surface area contributed by atoms with Gasteiger partial charge in [0.1, 0.15) is 6.04 Å². The van der Waals surface area contributed by atoms with E-state index >= 15 is 0 Å². The van der Waals surface area contributed by atoms with Crippen LogP contribution >= 0.6 is 0 Å². The van der Waals surface area contributed by atoms with Crippen molar-refractivity contribution in [3.8, 4) is 0 Å². The molecule has 1 aromatic carbocycles. The summed E-state index contributed by atoms with van der Waals surface area (Å²) in [5.74, 6) is -2.64. The number of piperidine rings is 1. The first kappa shape index (κ1) is 26.9. The zero-order chi connectivity index (χ0) is 26.6. The second kappa shape index (κ2) is 11.5. The Kier molecular flexibility index (Phi) is 8.34. The molecule has 1 aromatic heterocycles. The molecule has 6 nitrogen and oxygen atoms in total. The smallest absolute Gasteiger partial charge is 0.249 e. The fourth-order valence-electron chi connectivity index (χ4n) is 5.21. The van der Waals surface area contributed by atoms with E-state index in [0.717, 1.165) is 62.2 Å². The number of likely N-dealkylation sites (N-methyl/N-ethyl adjacent to an activating group) is 2. The first-order valence-corrected chi connectivity index (χ1v) is 12.5. The van der Waals surface area contributed by atoms with E-state index in [1.807, 2.05) is 0 Å². The van der Waals surface area contributed by atoms with Gasteiger partial charge in [0.15, 0.2) is 11.6 Å². The average Bonchev–Trinajstić information content (AvgIpc) is 3.22. The van der Waals surface area contributed by atoms with Crippen molar-refractivity contribution in [2.45, 2.75) is 37.5 Å². The summed E-state index contributed by atoms with van der Waals surface area (Å²) in [6, 6.07) is 4.20. The van der Waals surface area contributed by atoms with Crippen LogP contribution < -0.4 is 0 Å². The van der Waals surface area contributed by atoms with Crippen LogP contribution in [-0.4, -0.2) is 65.9 Å². The third kappa shape index (κ3) is 5.88. The second-order valence-electron chi connectivity index (χ2n) is 9.72. The van der Waals surface area contributed by atoms with E-state index < -0.39 is 23.6 Å². The fourth-order valence-corrected chi connectivity index (χ4v) is 5.21. The number of pyridine rings is 1. The van der Waals surface area contributed by atoms with E-state index in [9.17, 15) is 18.0 Å². The summed E-state index contributed by atoms with van der Waals surface area (Å²) in [6.07, 6.45) is 8.93. The lowest BCUT2D eigenvalue weighted by Gasteiger charge is -2.39. The minimum atomic E-state index is -0.989. The Balaban J connectivity index is 1.33. The van der Waals surface area contributed by atoms with Crippen LogP contribution in [0.15, 0.2) is 55.4 Å². The topological polar surface area (TPSA) is 48.9 Å². The molecular formula is C28H33F3N4O2. The summed E-state index contributed by atoms with van der Waals surface area (Å²) in [5, 5.41) is 0. The van der Waals surface area contributed by atoms with Gasteiger partial charge in [-0.05, 0) is 67.4 Å². The van der Waals surface area contributed by atoms with Gasteiger partial charge in [0.25, 0.3) is 0 Å². The highest BCUT2D eigenvalue weighted by molar-refractivity contribution is 5.83. The van der Waals surface area contributed by atoms with E-state index in [-0.39, 0.29) is 11.5 Å². The highest BCUT2D eigenvalue weighted by Crippen LogP contribution is 2.43. The summed E-state index contributed by atoms with van der Waals surface area (Å²) in [4.78, 5) is 22.8. The number of nitrogens with zero attached hydrogens (tertiary/aromatic N) is 4. The maximum Gasteiger partial charge on any atom is 0.249 e. The molecule has 4 rings (SSSR count). The van der Waals surface area contributed by atoms with Gasteiger partial charge in [-0.1, -0.05) is 18.7 Å². The molecule has 37 heavy (non-hydrogen) atoms. The van der Waals surface area contributed by atoms with Crippen molar-refractivity contribution in [1.29, 1.82) is 0 Å². The first-order valence-electron chi connectivity index (χ1n) is 12.5. The third-order valence-electron chi connectivity index (χ3n) is 7.32. The van der Waals surface area contributed by atoms with Crippen LogP contribution in [0.25, 0.3) is 0 Å². The Morgan fingerprint density at radius 2 is 1.97 bits per heavy atom. The molecule has 0 radical (unpaired) electrons. The van der Waals surface area contributed by atoms with Crippen LogP contribution in [0, 0.1) is 17.6 Å².